The number of ether oxygens (including phenoxy) is 1. The highest BCUT2D eigenvalue weighted by atomic mass is 35.5. The van der Waals surface area contributed by atoms with E-state index in [0.29, 0.717) is 6.10 Å². The molecule has 1 aliphatic rings. The van der Waals surface area contributed by atoms with E-state index in [1.54, 1.807) is 0 Å². The van der Waals surface area contributed by atoms with Gasteiger partial charge in [-0.05, 0) is 24.1 Å². The molecular formula is C11H16ClNO. The third-order valence-corrected chi connectivity index (χ3v) is 2.35. The Morgan fingerprint density at radius 3 is 2.79 bits per heavy atom. The van der Waals surface area contributed by atoms with E-state index in [9.17, 15) is 0 Å². The van der Waals surface area contributed by atoms with Crippen LogP contribution in [0, 0.1) is 0 Å². The average molecular weight is 214 g/mol. The Hall–Kier alpha value is -0.730. The zero-order valence-corrected chi connectivity index (χ0v) is 9.14. The molecule has 2 nitrogen and oxygen atoms in total. The molecule has 0 aromatic heterocycles. The fraction of sp³-hybridized carbons (Fsp3) is 0.455. The van der Waals surface area contributed by atoms with E-state index >= 15 is 0 Å². The van der Waals surface area contributed by atoms with Gasteiger partial charge >= 0.3 is 0 Å². The first kappa shape index (κ1) is 11.3. The lowest BCUT2D eigenvalue weighted by atomic mass is 10.1. The average Bonchev–Trinajstić information content (AvgIpc) is 2.12. The molecule has 1 N–H and O–H groups in total. The van der Waals surface area contributed by atoms with Crippen LogP contribution in [0.15, 0.2) is 24.3 Å². The normalized spacial score (nSPS) is 15.5. The number of rotatable bonds is 3. The van der Waals surface area contributed by atoms with Gasteiger partial charge < -0.3 is 10.1 Å². The second-order valence-electron chi connectivity index (χ2n) is 3.40. The van der Waals surface area contributed by atoms with Gasteiger partial charge in [-0.1, -0.05) is 19.1 Å². The number of nitrogens with one attached hydrogen (secondary N) is 1. The van der Waals surface area contributed by atoms with Gasteiger partial charge in [0.2, 0.25) is 0 Å². The monoisotopic (exact) mass is 213 g/mol. The molecule has 0 amide bonds. The maximum atomic E-state index is 5.73. The minimum atomic E-state index is 0. The van der Waals surface area contributed by atoms with Crippen molar-refractivity contribution in [3.63, 3.8) is 0 Å². The Morgan fingerprint density at radius 1 is 1.43 bits per heavy atom. The highest BCUT2D eigenvalue weighted by molar-refractivity contribution is 5.85. The van der Waals surface area contributed by atoms with Crippen molar-refractivity contribution in [2.24, 2.45) is 0 Å². The van der Waals surface area contributed by atoms with Crippen molar-refractivity contribution in [1.29, 1.82) is 0 Å². The number of aryl methyl sites for hydroxylation is 1. The van der Waals surface area contributed by atoms with Crippen LogP contribution in [0.25, 0.3) is 0 Å². The third-order valence-electron chi connectivity index (χ3n) is 2.35. The largest absolute Gasteiger partial charge is 0.488 e. The molecule has 1 saturated heterocycles. The van der Waals surface area contributed by atoms with Gasteiger partial charge in [-0.3, -0.25) is 0 Å². The van der Waals surface area contributed by atoms with Crippen LogP contribution in [0.1, 0.15) is 12.5 Å². The Labute approximate surface area is 91.1 Å². The molecule has 1 fully saturated rings. The van der Waals surface area contributed by atoms with Crippen LogP contribution in [-0.2, 0) is 6.42 Å². The van der Waals surface area contributed by atoms with Crippen molar-refractivity contribution < 1.29 is 4.74 Å². The van der Waals surface area contributed by atoms with Crippen LogP contribution >= 0.6 is 12.4 Å². The Bertz CT molecular complexity index is 286. The number of benzene rings is 1. The second-order valence-corrected chi connectivity index (χ2v) is 3.40. The maximum absolute atomic E-state index is 5.73. The molecule has 0 unspecified atom stereocenters. The van der Waals surface area contributed by atoms with Gasteiger partial charge in [0.05, 0.1) is 0 Å². The third kappa shape index (κ3) is 2.63. The summed E-state index contributed by atoms with van der Waals surface area (Å²) in [5.41, 5.74) is 1.34. The lowest BCUT2D eigenvalue weighted by molar-refractivity contribution is 0.142. The first-order valence-electron chi connectivity index (χ1n) is 4.85. The fourth-order valence-electron chi connectivity index (χ4n) is 1.38. The summed E-state index contributed by atoms with van der Waals surface area (Å²) in [5, 5.41) is 3.19. The van der Waals surface area contributed by atoms with Crippen LogP contribution in [0.3, 0.4) is 0 Å². The van der Waals surface area contributed by atoms with Gasteiger partial charge in [0.1, 0.15) is 11.9 Å². The van der Waals surface area contributed by atoms with Crippen molar-refractivity contribution in [2.45, 2.75) is 19.4 Å². The zero-order valence-electron chi connectivity index (χ0n) is 8.32. The summed E-state index contributed by atoms with van der Waals surface area (Å²) in [6.07, 6.45) is 1.45. The van der Waals surface area contributed by atoms with Crippen molar-refractivity contribution >= 4 is 12.4 Å². The van der Waals surface area contributed by atoms with Crippen LogP contribution < -0.4 is 10.1 Å². The van der Waals surface area contributed by atoms with Gasteiger partial charge in [-0.2, -0.15) is 0 Å². The second kappa shape index (κ2) is 5.23. The van der Waals surface area contributed by atoms with E-state index < -0.39 is 0 Å². The highest BCUT2D eigenvalue weighted by Crippen LogP contribution is 2.16. The molecule has 1 aromatic rings. The summed E-state index contributed by atoms with van der Waals surface area (Å²) in [5.74, 6) is 1.01. The Morgan fingerprint density at radius 2 is 2.21 bits per heavy atom. The highest BCUT2D eigenvalue weighted by Gasteiger charge is 2.17. The van der Waals surface area contributed by atoms with E-state index in [2.05, 4.69) is 30.4 Å². The van der Waals surface area contributed by atoms with Gasteiger partial charge in [-0.15, -0.1) is 12.4 Å². The molecule has 0 aliphatic carbocycles. The summed E-state index contributed by atoms with van der Waals surface area (Å²) in [7, 11) is 0. The molecule has 1 aromatic carbocycles. The molecule has 0 spiro atoms. The molecule has 3 heteroatoms. The van der Waals surface area contributed by atoms with Crippen LogP contribution in [0.2, 0.25) is 0 Å². The van der Waals surface area contributed by atoms with E-state index in [1.807, 2.05) is 6.07 Å². The topological polar surface area (TPSA) is 21.3 Å². The van der Waals surface area contributed by atoms with Crippen LogP contribution in [-0.4, -0.2) is 19.2 Å². The SMILES string of the molecule is CCc1cccc(OC2CNC2)c1.Cl. The van der Waals surface area contributed by atoms with Gasteiger partial charge in [0, 0.05) is 13.1 Å². The summed E-state index contributed by atoms with van der Waals surface area (Å²) >= 11 is 0. The van der Waals surface area contributed by atoms with Gasteiger partial charge in [-0.25, -0.2) is 0 Å². The maximum Gasteiger partial charge on any atom is 0.123 e. The molecular weight excluding hydrogens is 198 g/mol. The quantitative estimate of drug-likeness (QED) is 0.830. The summed E-state index contributed by atoms with van der Waals surface area (Å²) in [4.78, 5) is 0. The van der Waals surface area contributed by atoms with Crippen molar-refractivity contribution in [2.75, 3.05) is 13.1 Å². The lowest BCUT2D eigenvalue weighted by Gasteiger charge is -2.27. The molecule has 0 bridgehead atoms. The van der Waals surface area contributed by atoms with E-state index in [4.69, 9.17) is 4.74 Å². The predicted molar refractivity (Wildman–Crippen MR) is 60.4 cm³/mol. The first-order valence-corrected chi connectivity index (χ1v) is 4.85. The first-order chi connectivity index (χ1) is 6.38. The molecule has 0 radical (unpaired) electrons. The minimum Gasteiger partial charge on any atom is -0.488 e. The predicted octanol–water partition coefficient (Wildman–Crippen LogP) is 2.02. The van der Waals surface area contributed by atoms with E-state index in [1.165, 1.54) is 5.56 Å². The van der Waals surface area contributed by atoms with Crippen molar-refractivity contribution in [1.82, 2.24) is 5.32 Å². The molecule has 1 aliphatic heterocycles. The summed E-state index contributed by atoms with van der Waals surface area (Å²) < 4.78 is 5.73. The van der Waals surface area contributed by atoms with Gasteiger partial charge in [0.25, 0.3) is 0 Å². The summed E-state index contributed by atoms with van der Waals surface area (Å²) in [6, 6.07) is 8.34. The van der Waals surface area contributed by atoms with E-state index in [-0.39, 0.29) is 12.4 Å². The molecule has 0 saturated carbocycles. The van der Waals surface area contributed by atoms with E-state index in [0.717, 1.165) is 25.3 Å². The number of hydrogen-bond donors (Lipinski definition) is 1. The zero-order chi connectivity index (χ0) is 9.10. The van der Waals surface area contributed by atoms with Gasteiger partial charge in [0.15, 0.2) is 0 Å². The Kier molecular flexibility index (Phi) is 4.23. The fourth-order valence-corrected chi connectivity index (χ4v) is 1.38. The molecule has 1 heterocycles. The molecule has 2 rings (SSSR count). The lowest BCUT2D eigenvalue weighted by Crippen LogP contribution is -2.50. The molecule has 0 atom stereocenters. The van der Waals surface area contributed by atoms with Crippen LogP contribution in [0.5, 0.6) is 5.75 Å². The number of halogens is 1. The summed E-state index contributed by atoms with van der Waals surface area (Å²) in [6.45, 7) is 4.12. The smallest absolute Gasteiger partial charge is 0.123 e. The standard InChI is InChI=1S/C11H15NO.ClH/c1-2-9-4-3-5-10(6-9)13-11-7-12-8-11;/h3-6,11-12H,2,7-8H2,1H3;1H. The Balaban J connectivity index is 0.000000980. The number of hydrogen-bond acceptors (Lipinski definition) is 2. The molecule has 14 heavy (non-hydrogen) atoms. The van der Waals surface area contributed by atoms with Crippen LogP contribution in [0.4, 0.5) is 0 Å². The van der Waals surface area contributed by atoms with Crippen molar-refractivity contribution in [3.8, 4) is 5.75 Å². The molecule has 78 valence electrons. The van der Waals surface area contributed by atoms with Crippen molar-refractivity contribution in [3.05, 3.63) is 29.8 Å². The minimum absolute atomic E-state index is 0.